The van der Waals surface area contributed by atoms with E-state index < -0.39 is 12.6 Å². The van der Waals surface area contributed by atoms with E-state index in [1.165, 1.54) is 7.11 Å². The molecule has 21 heavy (non-hydrogen) atoms. The Bertz CT molecular complexity index is 731. The monoisotopic (exact) mass is 289 g/mol. The van der Waals surface area contributed by atoms with Gasteiger partial charge in [-0.05, 0) is 24.5 Å². The average Bonchev–Trinajstić information content (AvgIpc) is 2.83. The maximum absolute atomic E-state index is 11.9. The summed E-state index contributed by atoms with van der Waals surface area (Å²) in [4.78, 5) is 25.7. The van der Waals surface area contributed by atoms with Gasteiger partial charge in [0.25, 0.3) is 0 Å². The van der Waals surface area contributed by atoms with Crippen molar-refractivity contribution in [3.8, 4) is 11.5 Å². The number of fused-ring (bicyclic) bond motifs is 3. The van der Waals surface area contributed by atoms with E-state index in [0.717, 1.165) is 29.3 Å². The van der Waals surface area contributed by atoms with Gasteiger partial charge in [-0.15, -0.1) is 0 Å². The number of nitrogens with one attached hydrogen (secondary N) is 1. The molecule has 1 aliphatic rings. The summed E-state index contributed by atoms with van der Waals surface area (Å²) in [5.74, 6) is -0.134. The number of carboxylic acids is 1. The van der Waals surface area contributed by atoms with Crippen molar-refractivity contribution in [3.63, 3.8) is 0 Å². The minimum Gasteiger partial charge on any atom is -0.493 e. The lowest BCUT2D eigenvalue weighted by atomic mass is 9.94. The fraction of sp³-hybridized carbons (Fsp3) is 0.333. The van der Waals surface area contributed by atoms with Crippen LogP contribution >= 0.6 is 0 Å². The number of aromatic nitrogens is 1. The van der Waals surface area contributed by atoms with Crippen LogP contribution in [0.5, 0.6) is 11.5 Å². The first-order valence-corrected chi connectivity index (χ1v) is 6.70. The molecule has 1 aliphatic carbocycles. The van der Waals surface area contributed by atoms with Crippen LogP contribution < -0.4 is 9.47 Å². The van der Waals surface area contributed by atoms with Crippen molar-refractivity contribution in [3.05, 3.63) is 23.4 Å². The van der Waals surface area contributed by atoms with Crippen LogP contribution in [-0.4, -0.2) is 35.6 Å². The van der Waals surface area contributed by atoms with E-state index >= 15 is 0 Å². The fourth-order valence-electron chi connectivity index (χ4n) is 2.72. The van der Waals surface area contributed by atoms with Crippen LogP contribution in [-0.2, 0) is 11.2 Å². The fourth-order valence-corrected chi connectivity index (χ4v) is 2.72. The number of H-pyrrole nitrogens is 1. The van der Waals surface area contributed by atoms with E-state index in [1.807, 2.05) is 0 Å². The lowest BCUT2D eigenvalue weighted by Crippen LogP contribution is -2.10. The van der Waals surface area contributed by atoms with Gasteiger partial charge in [-0.2, -0.15) is 0 Å². The standard InChI is InChI=1S/C15H15NO5/c1-20-12-6-10-9(5-13(12)21-7-14(18)19)8-3-2-4-11(17)15(8)16-10/h5-6,16H,2-4,7H2,1H3,(H,18,19). The van der Waals surface area contributed by atoms with Gasteiger partial charge in [-0.25, -0.2) is 4.79 Å². The predicted octanol–water partition coefficient (Wildman–Crippen LogP) is 2.16. The second-order valence-electron chi connectivity index (χ2n) is 4.99. The van der Waals surface area contributed by atoms with Crippen molar-refractivity contribution in [1.82, 2.24) is 4.98 Å². The van der Waals surface area contributed by atoms with Crippen LogP contribution in [0.25, 0.3) is 10.9 Å². The van der Waals surface area contributed by atoms with Crippen molar-refractivity contribution in [1.29, 1.82) is 0 Å². The molecule has 0 saturated heterocycles. The molecule has 0 aliphatic heterocycles. The number of methoxy groups -OCH3 is 1. The molecule has 0 amide bonds. The maximum Gasteiger partial charge on any atom is 0.341 e. The molecule has 2 N–H and O–H groups in total. The largest absolute Gasteiger partial charge is 0.493 e. The van der Waals surface area contributed by atoms with Crippen LogP contribution in [0.3, 0.4) is 0 Å². The van der Waals surface area contributed by atoms with E-state index in [2.05, 4.69) is 4.98 Å². The first-order chi connectivity index (χ1) is 10.1. The van der Waals surface area contributed by atoms with Crippen LogP contribution in [0.15, 0.2) is 12.1 Å². The van der Waals surface area contributed by atoms with E-state index in [1.54, 1.807) is 12.1 Å². The van der Waals surface area contributed by atoms with Crippen LogP contribution in [0.1, 0.15) is 28.9 Å². The van der Waals surface area contributed by atoms with Gasteiger partial charge in [0.1, 0.15) is 0 Å². The maximum atomic E-state index is 11.9. The number of carboxylic acid groups (broad SMARTS) is 1. The van der Waals surface area contributed by atoms with E-state index in [-0.39, 0.29) is 5.78 Å². The van der Waals surface area contributed by atoms with Gasteiger partial charge in [-0.1, -0.05) is 0 Å². The Balaban J connectivity index is 2.11. The summed E-state index contributed by atoms with van der Waals surface area (Å²) in [5, 5.41) is 9.61. The van der Waals surface area contributed by atoms with Gasteiger partial charge in [0, 0.05) is 17.9 Å². The molecule has 110 valence electrons. The van der Waals surface area contributed by atoms with Crippen LogP contribution in [0.4, 0.5) is 0 Å². The molecule has 0 spiro atoms. The number of ether oxygens (including phenoxy) is 2. The SMILES string of the molecule is COc1cc2[nH]c3c(c2cc1OCC(=O)O)CCCC3=O. The first kappa shape index (κ1) is 13.5. The molecule has 1 aromatic heterocycles. The topological polar surface area (TPSA) is 88.6 Å². The highest BCUT2D eigenvalue weighted by atomic mass is 16.5. The number of carbonyl (C=O) groups is 2. The van der Waals surface area contributed by atoms with E-state index in [9.17, 15) is 9.59 Å². The number of hydrogen-bond donors (Lipinski definition) is 2. The lowest BCUT2D eigenvalue weighted by molar-refractivity contribution is -0.139. The van der Waals surface area contributed by atoms with Gasteiger partial charge < -0.3 is 19.6 Å². The number of ketones is 1. The summed E-state index contributed by atoms with van der Waals surface area (Å²) in [6, 6.07) is 3.48. The zero-order valence-corrected chi connectivity index (χ0v) is 11.6. The number of carbonyl (C=O) groups excluding carboxylic acids is 1. The highest BCUT2D eigenvalue weighted by molar-refractivity contribution is 6.03. The molecule has 0 atom stereocenters. The number of benzene rings is 1. The summed E-state index contributed by atoms with van der Waals surface area (Å²) in [6.45, 7) is -0.437. The predicted molar refractivity (Wildman–Crippen MR) is 75.3 cm³/mol. The van der Waals surface area contributed by atoms with Crippen LogP contribution in [0, 0.1) is 0 Å². The summed E-state index contributed by atoms with van der Waals surface area (Å²) in [5.41, 5.74) is 2.42. The molecule has 0 bridgehead atoms. The molecule has 6 nitrogen and oxygen atoms in total. The quantitative estimate of drug-likeness (QED) is 0.900. The number of aromatic amines is 1. The number of aryl methyl sites for hydroxylation is 1. The van der Waals surface area contributed by atoms with Crippen LogP contribution in [0.2, 0.25) is 0 Å². The van der Waals surface area contributed by atoms with E-state index in [0.29, 0.717) is 23.6 Å². The third-order valence-electron chi connectivity index (χ3n) is 3.65. The van der Waals surface area contributed by atoms with Crippen molar-refractivity contribution < 1.29 is 24.2 Å². The number of rotatable bonds is 4. The van der Waals surface area contributed by atoms with E-state index in [4.69, 9.17) is 14.6 Å². The number of aliphatic carboxylic acids is 1. The zero-order chi connectivity index (χ0) is 15.0. The molecule has 2 aromatic rings. The van der Waals surface area contributed by atoms with Gasteiger partial charge in [-0.3, -0.25) is 4.79 Å². The van der Waals surface area contributed by atoms with Crippen molar-refractivity contribution >= 4 is 22.7 Å². The zero-order valence-electron chi connectivity index (χ0n) is 11.6. The minimum absolute atomic E-state index is 0.111. The Morgan fingerprint density at radius 2 is 2.14 bits per heavy atom. The summed E-state index contributed by atoms with van der Waals surface area (Å²) in [6.07, 6.45) is 2.21. The highest BCUT2D eigenvalue weighted by Crippen LogP contribution is 2.37. The molecule has 6 heteroatoms. The Morgan fingerprint density at radius 3 is 2.86 bits per heavy atom. The van der Waals surface area contributed by atoms with Gasteiger partial charge >= 0.3 is 5.97 Å². The molecule has 1 heterocycles. The molecular formula is C15H15NO5. The van der Waals surface area contributed by atoms with Gasteiger partial charge in [0.15, 0.2) is 23.9 Å². The van der Waals surface area contributed by atoms with Crippen molar-refractivity contribution in [2.45, 2.75) is 19.3 Å². The first-order valence-electron chi connectivity index (χ1n) is 6.70. The van der Waals surface area contributed by atoms with Crippen molar-refractivity contribution in [2.24, 2.45) is 0 Å². The Labute approximate surface area is 120 Å². The number of Topliss-reactive ketones (excluding diaryl/α,β-unsaturated/α-hetero) is 1. The smallest absolute Gasteiger partial charge is 0.341 e. The minimum atomic E-state index is -1.05. The molecular weight excluding hydrogens is 274 g/mol. The molecule has 3 rings (SSSR count). The molecule has 0 saturated carbocycles. The molecule has 0 fully saturated rings. The summed E-state index contributed by atoms with van der Waals surface area (Å²) in [7, 11) is 1.49. The molecule has 0 unspecified atom stereocenters. The van der Waals surface area contributed by atoms with Gasteiger partial charge in [0.05, 0.1) is 18.3 Å². The second kappa shape index (κ2) is 5.12. The third-order valence-corrected chi connectivity index (χ3v) is 3.65. The summed E-state index contributed by atoms with van der Waals surface area (Å²) >= 11 is 0. The normalized spacial score (nSPS) is 14.0. The van der Waals surface area contributed by atoms with Crippen molar-refractivity contribution in [2.75, 3.05) is 13.7 Å². The lowest BCUT2D eigenvalue weighted by Gasteiger charge is -2.11. The Kier molecular flexibility index (Phi) is 3.29. The molecule has 1 aromatic carbocycles. The number of hydrogen-bond acceptors (Lipinski definition) is 4. The highest BCUT2D eigenvalue weighted by Gasteiger charge is 2.23. The second-order valence-corrected chi connectivity index (χ2v) is 4.99. The molecule has 0 radical (unpaired) electrons. The Hall–Kier alpha value is -2.50. The average molecular weight is 289 g/mol. The Morgan fingerprint density at radius 1 is 1.33 bits per heavy atom. The third kappa shape index (κ3) is 2.33. The summed E-state index contributed by atoms with van der Waals surface area (Å²) < 4.78 is 10.5. The van der Waals surface area contributed by atoms with Gasteiger partial charge in [0.2, 0.25) is 0 Å².